The van der Waals surface area contributed by atoms with Crippen LogP contribution in [-0.4, -0.2) is 19.5 Å². The lowest BCUT2D eigenvalue weighted by molar-refractivity contribution is 0.882. The number of hydrogen-bond acceptors (Lipinski definition) is 3. The van der Waals surface area contributed by atoms with Gasteiger partial charge in [0.05, 0.1) is 6.20 Å². The minimum atomic E-state index is 0.798. The maximum atomic E-state index is 4.33. The molecule has 4 heteroatoms. The van der Waals surface area contributed by atoms with Crippen LogP contribution in [0.3, 0.4) is 0 Å². The summed E-state index contributed by atoms with van der Waals surface area (Å²) in [5.74, 6) is 1.82. The molecule has 0 aliphatic carbocycles. The van der Waals surface area contributed by atoms with Crippen molar-refractivity contribution in [3.05, 3.63) is 17.8 Å². The Kier molecular flexibility index (Phi) is 1.76. The van der Waals surface area contributed by atoms with Gasteiger partial charge < -0.3 is 4.57 Å². The molecule has 2 aromatic heterocycles. The molecule has 0 saturated carbocycles. The summed E-state index contributed by atoms with van der Waals surface area (Å²) in [5.41, 5.74) is 1.79. The second kappa shape index (κ2) is 2.80. The number of nitrogens with zero attached hydrogens (tertiary/aromatic N) is 4. The molecule has 0 aromatic carbocycles. The van der Waals surface area contributed by atoms with Crippen LogP contribution >= 0.6 is 0 Å². The number of aryl methyl sites for hydroxylation is 3. The molecule has 13 heavy (non-hydrogen) atoms. The van der Waals surface area contributed by atoms with E-state index in [1.165, 1.54) is 0 Å². The van der Waals surface area contributed by atoms with Crippen LogP contribution in [0.5, 0.6) is 0 Å². The highest BCUT2D eigenvalue weighted by atomic mass is 15.1. The molecule has 0 fully saturated rings. The highest BCUT2D eigenvalue weighted by Gasteiger charge is 2.05. The van der Waals surface area contributed by atoms with Gasteiger partial charge in [-0.25, -0.2) is 15.0 Å². The van der Waals surface area contributed by atoms with Crippen molar-refractivity contribution in [2.24, 2.45) is 7.05 Å². The third kappa shape index (κ3) is 1.18. The van der Waals surface area contributed by atoms with Crippen LogP contribution in [0.2, 0.25) is 0 Å². The van der Waals surface area contributed by atoms with Crippen molar-refractivity contribution >= 4 is 11.2 Å². The fourth-order valence-corrected chi connectivity index (χ4v) is 1.29. The Hall–Kier alpha value is -1.45. The predicted octanol–water partition coefficient (Wildman–Crippen LogP) is 1.23. The van der Waals surface area contributed by atoms with Crippen molar-refractivity contribution in [3.8, 4) is 0 Å². The molecule has 0 atom stereocenters. The van der Waals surface area contributed by atoms with Crippen LogP contribution in [0, 0.1) is 6.92 Å². The fraction of sp³-hybridized carbons (Fsp3) is 0.444. The molecule has 0 saturated heterocycles. The van der Waals surface area contributed by atoms with E-state index < -0.39 is 0 Å². The number of aromatic nitrogens is 4. The topological polar surface area (TPSA) is 43.6 Å². The summed E-state index contributed by atoms with van der Waals surface area (Å²) in [6, 6.07) is 0. The first-order valence-electron chi connectivity index (χ1n) is 4.37. The zero-order valence-corrected chi connectivity index (χ0v) is 8.07. The third-order valence-corrected chi connectivity index (χ3v) is 2.23. The van der Waals surface area contributed by atoms with E-state index in [-0.39, 0.29) is 0 Å². The van der Waals surface area contributed by atoms with Gasteiger partial charge >= 0.3 is 0 Å². The zero-order valence-electron chi connectivity index (χ0n) is 8.07. The Morgan fingerprint density at radius 2 is 2.15 bits per heavy atom. The van der Waals surface area contributed by atoms with Crippen LogP contribution in [0.1, 0.15) is 18.6 Å². The first-order chi connectivity index (χ1) is 6.22. The van der Waals surface area contributed by atoms with Crippen LogP contribution < -0.4 is 0 Å². The van der Waals surface area contributed by atoms with E-state index in [1.54, 1.807) is 0 Å². The summed E-state index contributed by atoms with van der Waals surface area (Å²) in [7, 11) is 1.97. The van der Waals surface area contributed by atoms with E-state index in [9.17, 15) is 0 Å². The lowest BCUT2D eigenvalue weighted by atomic mass is 10.4. The van der Waals surface area contributed by atoms with E-state index in [0.29, 0.717) is 0 Å². The highest BCUT2D eigenvalue weighted by Crippen LogP contribution is 2.10. The van der Waals surface area contributed by atoms with Crippen molar-refractivity contribution in [1.82, 2.24) is 19.5 Å². The largest absolute Gasteiger partial charge is 0.329 e. The molecule has 0 aliphatic rings. The maximum absolute atomic E-state index is 4.33. The number of rotatable bonds is 1. The van der Waals surface area contributed by atoms with E-state index in [0.717, 1.165) is 29.2 Å². The van der Waals surface area contributed by atoms with Crippen molar-refractivity contribution in [1.29, 1.82) is 0 Å². The van der Waals surface area contributed by atoms with Gasteiger partial charge in [-0.05, 0) is 6.92 Å². The molecule has 2 rings (SSSR count). The quantitative estimate of drug-likeness (QED) is 0.656. The monoisotopic (exact) mass is 176 g/mol. The van der Waals surface area contributed by atoms with Gasteiger partial charge in [-0.3, -0.25) is 0 Å². The number of fused-ring (bicyclic) bond motifs is 1. The standard InChI is InChI=1S/C9H12N4/c1-4-8-10-5-7-9(12-8)11-6(2)13(7)3/h5H,4H2,1-3H3. The van der Waals surface area contributed by atoms with Gasteiger partial charge in [-0.2, -0.15) is 0 Å². The van der Waals surface area contributed by atoms with E-state index in [2.05, 4.69) is 15.0 Å². The average molecular weight is 176 g/mol. The summed E-state index contributed by atoms with van der Waals surface area (Å²) < 4.78 is 1.99. The van der Waals surface area contributed by atoms with Crippen LogP contribution in [0.25, 0.3) is 11.2 Å². The van der Waals surface area contributed by atoms with Crippen molar-refractivity contribution in [2.45, 2.75) is 20.3 Å². The van der Waals surface area contributed by atoms with Gasteiger partial charge in [0.15, 0.2) is 5.65 Å². The number of hydrogen-bond donors (Lipinski definition) is 0. The number of imidazole rings is 1. The summed E-state index contributed by atoms with van der Waals surface area (Å²) in [5, 5.41) is 0. The van der Waals surface area contributed by atoms with Crippen LogP contribution in [0.4, 0.5) is 0 Å². The second-order valence-electron chi connectivity index (χ2n) is 3.07. The third-order valence-electron chi connectivity index (χ3n) is 2.23. The van der Waals surface area contributed by atoms with Gasteiger partial charge in [-0.15, -0.1) is 0 Å². The summed E-state index contributed by atoms with van der Waals surface area (Å²) >= 11 is 0. The molecule has 68 valence electrons. The fourth-order valence-electron chi connectivity index (χ4n) is 1.29. The predicted molar refractivity (Wildman–Crippen MR) is 50.4 cm³/mol. The molecule has 0 radical (unpaired) electrons. The smallest absolute Gasteiger partial charge is 0.181 e. The Balaban J connectivity index is 2.73. The molecule has 0 unspecified atom stereocenters. The molecule has 4 nitrogen and oxygen atoms in total. The molecule has 0 N–H and O–H groups in total. The van der Waals surface area contributed by atoms with Crippen LogP contribution in [-0.2, 0) is 13.5 Å². The molecule has 2 heterocycles. The van der Waals surface area contributed by atoms with Gasteiger partial charge in [0.1, 0.15) is 17.2 Å². The maximum Gasteiger partial charge on any atom is 0.181 e. The van der Waals surface area contributed by atoms with Gasteiger partial charge in [0.2, 0.25) is 0 Å². The average Bonchev–Trinajstić information content (AvgIpc) is 2.42. The van der Waals surface area contributed by atoms with E-state index in [1.807, 2.05) is 31.7 Å². The first-order valence-corrected chi connectivity index (χ1v) is 4.37. The normalized spacial score (nSPS) is 11.0. The van der Waals surface area contributed by atoms with E-state index in [4.69, 9.17) is 0 Å². The summed E-state index contributed by atoms with van der Waals surface area (Å²) in [6.07, 6.45) is 2.69. The van der Waals surface area contributed by atoms with Gasteiger partial charge in [0.25, 0.3) is 0 Å². The molecule has 0 bridgehead atoms. The second-order valence-corrected chi connectivity index (χ2v) is 3.07. The molecule has 0 amide bonds. The zero-order chi connectivity index (χ0) is 9.42. The summed E-state index contributed by atoms with van der Waals surface area (Å²) in [6.45, 7) is 4.00. The molecule has 2 aromatic rings. The molecular formula is C9H12N4. The molecular weight excluding hydrogens is 164 g/mol. The Labute approximate surface area is 76.7 Å². The minimum absolute atomic E-state index is 0.798. The summed E-state index contributed by atoms with van der Waals surface area (Å²) in [4.78, 5) is 12.9. The Morgan fingerprint density at radius 3 is 2.85 bits per heavy atom. The minimum Gasteiger partial charge on any atom is -0.329 e. The lowest BCUT2D eigenvalue weighted by Gasteiger charge is -1.96. The van der Waals surface area contributed by atoms with Crippen molar-refractivity contribution in [2.75, 3.05) is 0 Å². The lowest BCUT2D eigenvalue weighted by Crippen LogP contribution is -1.94. The highest BCUT2D eigenvalue weighted by molar-refractivity contribution is 5.70. The molecule has 0 spiro atoms. The Bertz CT molecular complexity index is 444. The Morgan fingerprint density at radius 1 is 1.38 bits per heavy atom. The molecule has 0 aliphatic heterocycles. The van der Waals surface area contributed by atoms with Gasteiger partial charge in [-0.1, -0.05) is 6.92 Å². The van der Waals surface area contributed by atoms with Crippen molar-refractivity contribution < 1.29 is 0 Å². The SMILES string of the molecule is CCc1ncc2c(n1)nc(C)n2C. The van der Waals surface area contributed by atoms with Crippen LogP contribution in [0.15, 0.2) is 6.20 Å². The van der Waals surface area contributed by atoms with E-state index >= 15 is 0 Å². The first kappa shape index (κ1) is 8.16. The van der Waals surface area contributed by atoms with Gasteiger partial charge in [0, 0.05) is 13.5 Å². The van der Waals surface area contributed by atoms with Crippen molar-refractivity contribution in [3.63, 3.8) is 0 Å².